The number of esters is 2. The maximum absolute atomic E-state index is 12.7. The van der Waals surface area contributed by atoms with Gasteiger partial charge in [-0.05, 0) is 40.2 Å². The van der Waals surface area contributed by atoms with E-state index in [1.165, 1.54) is 13.8 Å². The summed E-state index contributed by atoms with van der Waals surface area (Å²) in [5.41, 5.74) is -1.14. The van der Waals surface area contributed by atoms with Gasteiger partial charge in [0.25, 0.3) is 5.60 Å². The lowest BCUT2D eigenvalue weighted by atomic mass is 9.94. The standard InChI is InChI=1S/C21H28O6.C3H8O2/c1-5-8-14-26-17(4)16-27-21(19(22)24-6-2,20(23)25-7-3)15-18-12-10-9-11-13-18;1-3(2,4)5/h1,9-13,17H,6-8,14-16H2,2-4H3;4-5H,1-2H3. The Hall–Kier alpha value is -2.44. The van der Waals surface area contributed by atoms with Crippen molar-refractivity contribution in [1.82, 2.24) is 0 Å². The number of benzene rings is 1. The minimum absolute atomic E-state index is 0.00256. The molecule has 1 aromatic carbocycles. The molecule has 0 bridgehead atoms. The first-order chi connectivity index (χ1) is 15.0. The highest BCUT2D eigenvalue weighted by Crippen LogP contribution is 2.23. The van der Waals surface area contributed by atoms with Crippen LogP contribution in [0.25, 0.3) is 0 Å². The lowest BCUT2D eigenvalue weighted by Gasteiger charge is -2.30. The molecule has 0 heterocycles. The number of rotatable bonds is 12. The molecule has 0 fully saturated rings. The van der Waals surface area contributed by atoms with Gasteiger partial charge in [0.15, 0.2) is 5.79 Å². The third-order valence-electron chi connectivity index (χ3n) is 3.72. The van der Waals surface area contributed by atoms with Crippen LogP contribution in [0.15, 0.2) is 30.3 Å². The van der Waals surface area contributed by atoms with Crippen LogP contribution < -0.4 is 0 Å². The van der Waals surface area contributed by atoms with Crippen LogP contribution >= 0.6 is 0 Å². The summed E-state index contributed by atoms with van der Waals surface area (Å²) in [5, 5.41) is 16.2. The largest absolute Gasteiger partial charge is 0.463 e. The van der Waals surface area contributed by atoms with Crippen LogP contribution in [0.4, 0.5) is 0 Å². The Labute approximate surface area is 190 Å². The van der Waals surface area contributed by atoms with Gasteiger partial charge in [0.05, 0.1) is 32.5 Å². The molecule has 1 atom stereocenters. The summed E-state index contributed by atoms with van der Waals surface area (Å²) < 4.78 is 21.7. The second-order valence-electron chi connectivity index (χ2n) is 7.37. The van der Waals surface area contributed by atoms with E-state index < -0.39 is 23.3 Å². The van der Waals surface area contributed by atoms with Crippen LogP contribution in [0.3, 0.4) is 0 Å². The Morgan fingerprint density at radius 1 is 1.06 bits per heavy atom. The molecule has 2 N–H and O–H groups in total. The van der Waals surface area contributed by atoms with Crippen LogP contribution in [0.2, 0.25) is 0 Å². The van der Waals surface area contributed by atoms with Gasteiger partial charge in [-0.1, -0.05) is 30.3 Å². The molecule has 0 radical (unpaired) electrons. The maximum Gasteiger partial charge on any atom is 0.350 e. The molecule has 0 aromatic heterocycles. The minimum Gasteiger partial charge on any atom is -0.463 e. The molecular weight excluding hydrogens is 416 g/mol. The zero-order valence-corrected chi connectivity index (χ0v) is 19.6. The number of ether oxygens (including phenoxy) is 4. The van der Waals surface area contributed by atoms with Crippen LogP contribution in [0.1, 0.15) is 46.6 Å². The SMILES string of the molecule is C#CCCOC(C)COC(Cc1ccccc1)(C(=O)OCC)C(=O)OCC.CC(C)(O)O. The van der Waals surface area contributed by atoms with Crippen molar-refractivity contribution in [2.24, 2.45) is 0 Å². The van der Waals surface area contributed by atoms with Gasteiger partial charge in [0.2, 0.25) is 0 Å². The van der Waals surface area contributed by atoms with E-state index in [9.17, 15) is 9.59 Å². The lowest BCUT2D eigenvalue weighted by Crippen LogP contribution is -2.54. The summed E-state index contributed by atoms with van der Waals surface area (Å²) in [7, 11) is 0. The summed E-state index contributed by atoms with van der Waals surface area (Å²) >= 11 is 0. The topological polar surface area (TPSA) is 112 Å². The van der Waals surface area contributed by atoms with Gasteiger partial charge in [-0.25, -0.2) is 9.59 Å². The van der Waals surface area contributed by atoms with Crippen molar-refractivity contribution >= 4 is 11.9 Å². The second kappa shape index (κ2) is 15.4. The van der Waals surface area contributed by atoms with E-state index in [0.29, 0.717) is 13.0 Å². The maximum atomic E-state index is 12.7. The van der Waals surface area contributed by atoms with E-state index in [4.69, 9.17) is 35.6 Å². The molecule has 180 valence electrons. The molecule has 32 heavy (non-hydrogen) atoms. The number of carbonyl (C=O) groups excluding carboxylic acids is 2. The van der Waals surface area contributed by atoms with Crippen molar-refractivity contribution in [3.05, 3.63) is 35.9 Å². The molecule has 1 rings (SSSR count). The minimum atomic E-state index is -1.89. The van der Waals surface area contributed by atoms with Gasteiger partial charge in [-0.15, -0.1) is 12.3 Å². The fourth-order valence-electron chi connectivity index (χ4n) is 2.40. The Balaban J connectivity index is 0.00000172. The molecule has 0 saturated carbocycles. The predicted octanol–water partition coefficient (Wildman–Crippen LogP) is 2.25. The quantitative estimate of drug-likeness (QED) is 0.163. The average Bonchev–Trinajstić information content (AvgIpc) is 2.71. The summed E-state index contributed by atoms with van der Waals surface area (Å²) in [5.74, 6) is -0.566. The zero-order chi connectivity index (χ0) is 24.6. The van der Waals surface area contributed by atoms with E-state index in [2.05, 4.69) is 5.92 Å². The number of aliphatic hydroxyl groups is 2. The summed E-state index contributed by atoms with van der Waals surface area (Å²) in [6.45, 7) is 8.32. The van der Waals surface area contributed by atoms with E-state index in [1.54, 1.807) is 20.8 Å². The highest BCUT2D eigenvalue weighted by Gasteiger charge is 2.51. The van der Waals surface area contributed by atoms with Gasteiger partial charge < -0.3 is 29.2 Å². The van der Waals surface area contributed by atoms with E-state index >= 15 is 0 Å². The van der Waals surface area contributed by atoms with Gasteiger partial charge in [0.1, 0.15) is 0 Å². The second-order valence-corrected chi connectivity index (χ2v) is 7.37. The Kier molecular flexibility index (Phi) is 14.2. The van der Waals surface area contributed by atoms with Gasteiger partial charge in [0, 0.05) is 12.8 Å². The third kappa shape index (κ3) is 12.4. The van der Waals surface area contributed by atoms with Crippen molar-refractivity contribution in [2.45, 2.75) is 65.0 Å². The Morgan fingerprint density at radius 3 is 2.00 bits per heavy atom. The number of carbonyl (C=O) groups is 2. The molecule has 0 aliphatic heterocycles. The highest BCUT2D eigenvalue weighted by molar-refractivity contribution is 6.04. The molecule has 0 aliphatic carbocycles. The number of hydrogen-bond donors (Lipinski definition) is 2. The van der Waals surface area contributed by atoms with Crippen LogP contribution in [0.5, 0.6) is 0 Å². The van der Waals surface area contributed by atoms with Gasteiger partial charge in [-0.2, -0.15) is 0 Å². The molecule has 8 heteroatoms. The first kappa shape index (κ1) is 29.6. The van der Waals surface area contributed by atoms with Crippen LogP contribution in [0, 0.1) is 12.3 Å². The third-order valence-corrected chi connectivity index (χ3v) is 3.72. The van der Waals surface area contributed by atoms with E-state index in [1.807, 2.05) is 30.3 Å². The number of hydrogen-bond acceptors (Lipinski definition) is 8. The van der Waals surface area contributed by atoms with Crippen molar-refractivity contribution in [2.75, 3.05) is 26.4 Å². The molecule has 1 aromatic rings. The van der Waals surface area contributed by atoms with Crippen LogP contribution in [-0.2, 0) is 35.0 Å². The first-order valence-corrected chi connectivity index (χ1v) is 10.5. The van der Waals surface area contributed by atoms with Crippen LogP contribution in [-0.4, -0.2) is 66.1 Å². The smallest absolute Gasteiger partial charge is 0.350 e. The normalized spacial score (nSPS) is 12.1. The van der Waals surface area contributed by atoms with Gasteiger partial charge in [-0.3, -0.25) is 0 Å². The Morgan fingerprint density at radius 2 is 1.56 bits per heavy atom. The van der Waals surface area contributed by atoms with E-state index in [0.717, 1.165) is 5.56 Å². The molecule has 8 nitrogen and oxygen atoms in total. The van der Waals surface area contributed by atoms with Crippen molar-refractivity contribution in [3.63, 3.8) is 0 Å². The molecular formula is C24H36O8. The van der Waals surface area contributed by atoms with E-state index in [-0.39, 0.29) is 32.3 Å². The molecule has 1 unspecified atom stereocenters. The predicted molar refractivity (Wildman–Crippen MR) is 119 cm³/mol. The molecule has 0 amide bonds. The lowest BCUT2D eigenvalue weighted by molar-refractivity contribution is -0.194. The monoisotopic (exact) mass is 452 g/mol. The summed E-state index contributed by atoms with van der Waals surface area (Å²) in [6.07, 6.45) is 5.31. The summed E-state index contributed by atoms with van der Waals surface area (Å²) in [6, 6.07) is 9.11. The molecule has 0 spiro atoms. The van der Waals surface area contributed by atoms with Crippen molar-refractivity contribution in [3.8, 4) is 12.3 Å². The first-order valence-electron chi connectivity index (χ1n) is 10.5. The van der Waals surface area contributed by atoms with Crippen molar-refractivity contribution < 1.29 is 38.7 Å². The number of terminal acetylenes is 1. The highest BCUT2D eigenvalue weighted by atomic mass is 16.6. The van der Waals surface area contributed by atoms with Gasteiger partial charge >= 0.3 is 11.9 Å². The molecule has 0 saturated heterocycles. The van der Waals surface area contributed by atoms with Crippen molar-refractivity contribution in [1.29, 1.82) is 0 Å². The Bertz CT molecular complexity index is 679. The fourth-order valence-corrected chi connectivity index (χ4v) is 2.40. The zero-order valence-electron chi connectivity index (χ0n) is 19.6. The fraction of sp³-hybridized carbons (Fsp3) is 0.583. The average molecular weight is 453 g/mol. The molecule has 0 aliphatic rings. The summed E-state index contributed by atoms with van der Waals surface area (Å²) in [4.78, 5) is 25.5.